The Bertz CT molecular complexity index is 3420. The third-order valence-corrected chi connectivity index (χ3v) is 18.1. The van der Waals surface area contributed by atoms with Crippen LogP contribution in [0.4, 0.5) is 9.59 Å². The van der Waals surface area contributed by atoms with E-state index < -0.39 is 143 Å². The number of nitrogens with one attached hydrogen (secondary N) is 12. The van der Waals surface area contributed by atoms with Crippen molar-refractivity contribution in [1.82, 2.24) is 68.4 Å². The van der Waals surface area contributed by atoms with Gasteiger partial charge in [0.25, 0.3) is 11.8 Å². The number of nitrogens with zero attached hydrogens (tertiary/aromatic N) is 1. The number of phenolic OH excluding ortho intramolecular Hbond substituents is 1. The summed E-state index contributed by atoms with van der Waals surface area (Å²) >= 11 is 0. The van der Waals surface area contributed by atoms with Crippen LogP contribution in [0.25, 0.3) is 10.9 Å². The van der Waals surface area contributed by atoms with Gasteiger partial charge in [-0.25, -0.2) is 9.59 Å². The number of benzene rings is 3. The number of aliphatic hydroxyl groups is 2. The molecule has 13 amide bonds. The van der Waals surface area contributed by atoms with Crippen LogP contribution >= 0.6 is 21.6 Å². The molecule has 31 heteroatoms. The van der Waals surface area contributed by atoms with Crippen molar-refractivity contribution in [3.63, 3.8) is 0 Å². The smallest absolute Gasteiger partial charge is 0.407 e. The highest BCUT2D eigenvalue weighted by Crippen LogP contribution is 2.25. The summed E-state index contributed by atoms with van der Waals surface area (Å²) in [7, 11) is 1.81. The SMILES string of the molecule is CCNC(=O)N[C@H](Cc1ccccc1)C(=O)N[C@H]1CSSC[C@@H](C(=O)N[C@H](C(=O)NCCCCCN2C(=O)C=CC2=O)[C@@H](C)O)NC(=O)[C@H]([C@@H](C)O)NC(=O)[C@H](CCCCCNC(=O)OC(C)(C)C)NC(=O)[C@@H](Cc2c[nH]c3ccccc23)NC(=O)[C@H](Cc2ccc(O)cc2)NC1=O. The zero-order valence-electron chi connectivity index (χ0n) is 55.7. The Labute approximate surface area is 576 Å². The Morgan fingerprint density at radius 2 is 1.26 bits per heavy atom. The summed E-state index contributed by atoms with van der Waals surface area (Å²) in [4.78, 5) is 172. The Morgan fingerprint density at radius 1 is 0.643 bits per heavy atom. The van der Waals surface area contributed by atoms with Crippen molar-refractivity contribution >= 4 is 104 Å². The quantitative estimate of drug-likeness (QED) is 0.0228. The maximum Gasteiger partial charge on any atom is 0.407 e. The molecule has 3 aromatic carbocycles. The van der Waals surface area contributed by atoms with E-state index in [-0.39, 0.29) is 69.8 Å². The van der Waals surface area contributed by atoms with Crippen molar-refractivity contribution < 1.29 is 77.6 Å². The van der Waals surface area contributed by atoms with E-state index in [4.69, 9.17) is 4.74 Å². The lowest BCUT2D eigenvalue weighted by atomic mass is 10.0. The maximum atomic E-state index is 15.2. The molecule has 532 valence electrons. The second-order valence-electron chi connectivity index (χ2n) is 24.8. The lowest BCUT2D eigenvalue weighted by molar-refractivity contribution is -0.137. The molecule has 0 bridgehead atoms. The van der Waals surface area contributed by atoms with Gasteiger partial charge < -0.3 is 83.5 Å². The van der Waals surface area contributed by atoms with Crippen LogP contribution in [0.3, 0.4) is 0 Å². The molecule has 1 saturated heterocycles. The number of hydrogen-bond acceptors (Lipinski definition) is 18. The molecule has 0 radical (unpaired) electrons. The van der Waals surface area contributed by atoms with Crippen LogP contribution in [-0.2, 0) is 71.9 Å². The van der Waals surface area contributed by atoms with Gasteiger partial charge in [-0.1, -0.05) is 95.1 Å². The zero-order chi connectivity index (χ0) is 71.5. The first-order valence-corrected chi connectivity index (χ1v) is 35.1. The molecule has 1 aromatic heterocycles. The van der Waals surface area contributed by atoms with E-state index in [1.54, 1.807) is 88.5 Å². The average molecular weight is 1400 g/mol. The van der Waals surface area contributed by atoms with Gasteiger partial charge in [-0.3, -0.25) is 52.8 Å². The van der Waals surface area contributed by atoms with Crippen molar-refractivity contribution in [3.05, 3.63) is 114 Å². The number of imide groups is 1. The molecule has 10 atom stereocenters. The van der Waals surface area contributed by atoms with Crippen LogP contribution in [0.15, 0.2) is 97.2 Å². The van der Waals surface area contributed by atoms with Crippen LogP contribution in [0.2, 0.25) is 0 Å². The van der Waals surface area contributed by atoms with E-state index in [0.29, 0.717) is 59.7 Å². The lowest BCUT2D eigenvalue weighted by Crippen LogP contribution is -2.63. The summed E-state index contributed by atoms with van der Waals surface area (Å²) in [6.07, 6.45) is 1.81. The van der Waals surface area contributed by atoms with Crippen LogP contribution in [0, 0.1) is 0 Å². The first-order valence-electron chi connectivity index (χ1n) is 32.6. The Kier molecular flexibility index (Phi) is 30.7. The second kappa shape index (κ2) is 38.7. The fourth-order valence-electron chi connectivity index (χ4n) is 10.5. The molecule has 3 heterocycles. The normalized spacial score (nSPS) is 20.4. The van der Waals surface area contributed by atoms with Crippen molar-refractivity contribution in [3.8, 4) is 5.75 Å². The van der Waals surface area contributed by atoms with Crippen molar-refractivity contribution in [2.75, 3.05) is 37.7 Å². The van der Waals surface area contributed by atoms with Gasteiger partial charge in [0, 0.05) is 86.2 Å². The number of ether oxygens (including phenoxy) is 1. The molecule has 98 heavy (non-hydrogen) atoms. The van der Waals surface area contributed by atoms with Gasteiger partial charge in [-0.05, 0) is 109 Å². The Hall–Kier alpha value is -9.20. The zero-order valence-corrected chi connectivity index (χ0v) is 57.4. The first kappa shape index (κ1) is 77.8. The number of rotatable bonds is 27. The number of aromatic hydroxyl groups is 1. The molecule has 6 rings (SSSR count). The first-order chi connectivity index (χ1) is 46.7. The number of carbonyl (C=O) groups is 12. The minimum absolute atomic E-state index is 0.0425. The molecule has 29 nitrogen and oxygen atoms in total. The summed E-state index contributed by atoms with van der Waals surface area (Å²) in [6, 6.07) is 8.44. The van der Waals surface area contributed by atoms with Gasteiger partial charge in [0.15, 0.2) is 0 Å². The number of unbranched alkanes of at least 4 members (excludes halogenated alkanes) is 4. The van der Waals surface area contributed by atoms with Gasteiger partial charge in [-0.2, -0.15) is 0 Å². The summed E-state index contributed by atoms with van der Waals surface area (Å²) in [5.74, 6) is -9.20. The lowest BCUT2D eigenvalue weighted by Gasteiger charge is -2.29. The van der Waals surface area contributed by atoms with Gasteiger partial charge in [0.1, 0.15) is 59.7 Å². The molecule has 0 aliphatic carbocycles. The molecule has 4 aromatic rings. The topological polar surface area (TPSA) is 426 Å². The number of carbonyl (C=O) groups excluding carboxylic acids is 12. The maximum absolute atomic E-state index is 15.2. The summed E-state index contributed by atoms with van der Waals surface area (Å²) < 4.78 is 5.34. The number of hydrogen-bond donors (Lipinski definition) is 15. The van der Waals surface area contributed by atoms with Crippen LogP contribution < -0.4 is 58.5 Å². The number of amides is 13. The number of phenols is 1. The van der Waals surface area contributed by atoms with E-state index in [0.717, 1.165) is 26.5 Å². The highest BCUT2D eigenvalue weighted by molar-refractivity contribution is 8.76. The minimum atomic E-state index is -1.84. The fourth-order valence-corrected chi connectivity index (χ4v) is 12.8. The van der Waals surface area contributed by atoms with Crippen LogP contribution in [0.5, 0.6) is 5.75 Å². The number of aromatic nitrogens is 1. The number of aliphatic hydroxyl groups excluding tert-OH is 2. The van der Waals surface area contributed by atoms with Crippen LogP contribution in [0.1, 0.15) is 103 Å². The third-order valence-electron chi connectivity index (χ3n) is 15.7. The number of fused-ring (bicyclic) bond motifs is 1. The van der Waals surface area contributed by atoms with Crippen molar-refractivity contribution in [1.29, 1.82) is 0 Å². The van der Waals surface area contributed by atoms with E-state index in [2.05, 4.69) is 63.5 Å². The minimum Gasteiger partial charge on any atom is -0.508 e. The monoisotopic (exact) mass is 1400 g/mol. The number of H-pyrrole nitrogens is 1. The highest BCUT2D eigenvalue weighted by Gasteiger charge is 2.38. The standard InChI is InChI=1S/C67H91N13O16S2/c1-7-68-65(94)77-49(33-41-19-11-8-12-20-41)59(88)75-51-37-97-98-38-52(62(91)78-55(39(2)81)63(92)69-30-17-10-18-32-80-53(84)28-29-54(80)85)76-64(93)56(40(3)82)79-57(86)47(23-13-9-16-31-70-66(95)96-67(4,5)6)72-60(89)50(35-43-36-71-46-22-15-14-21-45(43)46)74-58(87)48(73-61(51)90)34-42-24-26-44(83)27-25-42/h8,11-12,14-15,19-22,24-29,36,39-40,47-52,55-56,71,81-83H,7,9-10,13,16-18,23,30-35,37-38H2,1-6H3,(H,69,92)(H,70,95)(H,72,89)(H,73,90)(H,74,87)(H,75,88)(H,76,93)(H,78,91)(H,79,86)(H2,68,77,94)/t39-,40-,47+,48+,49-,50-,51+,52+,55+,56+/m1/s1. The molecular formula is C67H91N13O16S2. The predicted molar refractivity (Wildman–Crippen MR) is 367 cm³/mol. The second-order valence-corrected chi connectivity index (χ2v) is 27.4. The molecule has 15 N–H and O–H groups in total. The van der Waals surface area contributed by atoms with Crippen molar-refractivity contribution in [2.24, 2.45) is 0 Å². The molecule has 0 unspecified atom stereocenters. The van der Waals surface area contributed by atoms with E-state index in [9.17, 15) is 58.5 Å². The molecule has 0 spiro atoms. The highest BCUT2D eigenvalue weighted by atomic mass is 33.1. The molecule has 0 saturated carbocycles. The van der Waals surface area contributed by atoms with Gasteiger partial charge in [0.2, 0.25) is 47.3 Å². The van der Waals surface area contributed by atoms with E-state index in [1.165, 1.54) is 50.3 Å². The molecular weight excluding hydrogens is 1310 g/mol. The fraction of sp³-hybridized carbons (Fsp3) is 0.493. The summed E-state index contributed by atoms with van der Waals surface area (Å²) in [5, 5.41) is 62.5. The average Bonchev–Trinajstić information content (AvgIpc) is 1.51. The number of aromatic amines is 1. The Balaban J connectivity index is 1.38. The molecule has 1 fully saturated rings. The molecule has 2 aliphatic heterocycles. The van der Waals surface area contributed by atoms with Gasteiger partial charge in [-0.15, -0.1) is 0 Å². The Morgan fingerprint density at radius 3 is 1.92 bits per heavy atom. The van der Waals surface area contributed by atoms with Gasteiger partial charge >= 0.3 is 12.1 Å². The summed E-state index contributed by atoms with van der Waals surface area (Å²) in [5.41, 5.74) is 1.56. The molecule has 2 aliphatic rings. The summed E-state index contributed by atoms with van der Waals surface area (Å²) in [6.45, 7) is 9.86. The number of alkyl carbamates (subject to hydrolysis) is 1. The number of urea groups is 1. The predicted octanol–water partition coefficient (Wildman–Crippen LogP) is 1.44. The van der Waals surface area contributed by atoms with Gasteiger partial charge in [0.05, 0.1) is 12.2 Å². The number of para-hydroxylation sites is 1. The van der Waals surface area contributed by atoms with Crippen molar-refractivity contribution in [2.45, 2.75) is 172 Å². The van der Waals surface area contributed by atoms with Crippen LogP contribution in [-0.4, -0.2) is 200 Å². The van der Waals surface area contributed by atoms with E-state index >= 15 is 14.4 Å². The third kappa shape index (κ3) is 25.3. The van der Waals surface area contributed by atoms with E-state index in [1.807, 2.05) is 0 Å². The largest absolute Gasteiger partial charge is 0.508 e.